The lowest BCUT2D eigenvalue weighted by Crippen LogP contribution is -2.34. The first kappa shape index (κ1) is 19.7. The zero-order valence-electron chi connectivity index (χ0n) is 15.8. The molecular formula is C22H22ClN3O2. The monoisotopic (exact) mass is 395 g/mol. The van der Waals surface area contributed by atoms with Crippen LogP contribution in [0.3, 0.4) is 0 Å². The van der Waals surface area contributed by atoms with Crippen LogP contribution < -0.4 is 10.6 Å². The van der Waals surface area contributed by atoms with Crippen LogP contribution in [-0.2, 0) is 9.53 Å². The SMILES string of the molecule is CCOC(=O)C1=C(C)NC(Nc2ccccc2)=C(C(=N)Cl)C1c1ccccc1. The van der Waals surface area contributed by atoms with Crippen molar-refractivity contribution in [1.29, 1.82) is 5.41 Å². The predicted molar refractivity (Wildman–Crippen MR) is 112 cm³/mol. The van der Waals surface area contributed by atoms with E-state index in [-0.39, 0.29) is 11.8 Å². The van der Waals surface area contributed by atoms with Crippen molar-refractivity contribution in [1.82, 2.24) is 5.32 Å². The molecule has 0 saturated carbocycles. The van der Waals surface area contributed by atoms with E-state index in [9.17, 15) is 4.79 Å². The molecule has 1 heterocycles. The molecule has 2 aromatic carbocycles. The summed E-state index contributed by atoms with van der Waals surface area (Å²) in [6.07, 6.45) is 0. The number of carbonyl (C=O) groups is 1. The first-order chi connectivity index (χ1) is 13.5. The molecule has 6 heteroatoms. The summed E-state index contributed by atoms with van der Waals surface area (Å²) in [4.78, 5) is 12.7. The number of halogens is 1. The Hall–Kier alpha value is -3.05. The summed E-state index contributed by atoms with van der Waals surface area (Å²) in [5, 5.41) is 14.6. The molecule has 2 aromatic rings. The van der Waals surface area contributed by atoms with Crippen molar-refractivity contribution in [2.24, 2.45) is 0 Å². The molecule has 1 aliphatic heterocycles. The number of hydrogen-bond donors (Lipinski definition) is 3. The highest BCUT2D eigenvalue weighted by atomic mass is 35.5. The van der Waals surface area contributed by atoms with Crippen LogP contribution in [0, 0.1) is 5.41 Å². The predicted octanol–water partition coefficient (Wildman–Crippen LogP) is 4.75. The molecule has 0 amide bonds. The van der Waals surface area contributed by atoms with Gasteiger partial charge in [-0.1, -0.05) is 60.1 Å². The Morgan fingerprint density at radius 1 is 1.11 bits per heavy atom. The Morgan fingerprint density at radius 2 is 1.71 bits per heavy atom. The van der Waals surface area contributed by atoms with E-state index in [1.165, 1.54) is 0 Å². The zero-order chi connectivity index (χ0) is 20.1. The lowest BCUT2D eigenvalue weighted by Gasteiger charge is -2.32. The van der Waals surface area contributed by atoms with Gasteiger partial charge in [0.25, 0.3) is 0 Å². The Morgan fingerprint density at radius 3 is 2.29 bits per heavy atom. The maximum absolute atomic E-state index is 12.7. The minimum atomic E-state index is -0.516. The van der Waals surface area contributed by atoms with Gasteiger partial charge < -0.3 is 15.4 Å². The standard InChI is InChI=1S/C22H22ClN3O2/c1-3-28-22(27)17-14(2)25-21(26-16-12-8-5-9-13-16)19(20(23)24)18(17)15-10-6-4-7-11-15/h4-13,18,24-26H,3H2,1-2H3. The fourth-order valence-electron chi connectivity index (χ4n) is 3.29. The summed E-state index contributed by atoms with van der Waals surface area (Å²) < 4.78 is 5.29. The molecule has 0 spiro atoms. The van der Waals surface area contributed by atoms with Crippen LogP contribution in [0.15, 0.2) is 83.3 Å². The van der Waals surface area contributed by atoms with E-state index in [0.717, 1.165) is 11.3 Å². The molecule has 28 heavy (non-hydrogen) atoms. The lowest BCUT2D eigenvalue weighted by molar-refractivity contribution is -0.138. The van der Waals surface area contributed by atoms with E-state index in [0.29, 0.717) is 22.7 Å². The van der Waals surface area contributed by atoms with Crippen LogP contribution in [0.1, 0.15) is 25.3 Å². The van der Waals surface area contributed by atoms with Crippen molar-refractivity contribution in [3.8, 4) is 0 Å². The second-order valence-electron chi connectivity index (χ2n) is 6.32. The van der Waals surface area contributed by atoms with Crippen molar-refractivity contribution < 1.29 is 9.53 Å². The summed E-state index contributed by atoms with van der Waals surface area (Å²) in [6.45, 7) is 3.86. The Kier molecular flexibility index (Phi) is 6.16. The average molecular weight is 396 g/mol. The van der Waals surface area contributed by atoms with Crippen molar-refractivity contribution in [2.45, 2.75) is 19.8 Å². The highest BCUT2D eigenvalue weighted by Gasteiger charge is 2.36. The molecular weight excluding hydrogens is 374 g/mol. The topological polar surface area (TPSA) is 74.2 Å². The number of esters is 1. The van der Waals surface area contributed by atoms with Crippen molar-refractivity contribution in [3.05, 3.63) is 88.9 Å². The average Bonchev–Trinajstić information content (AvgIpc) is 2.68. The molecule has 1 unspecified atom stereocenters. The third-order valence-corrected chi connectivity index (χ3v) is 4.67. The summed E-state index contributed by atoms with van der Waals surface area (Å²) in [5.41, 5.74) is 3.31. The van der Waals surface area contributed by atoms with Crippen LogP contribution >= 0.6 is 11.6 Å². The summed E-state index contributed by atoms with van der Waals surface area (Å²) >= 11 is 6.23. The maximum Gasteiger partial charge on any atom is 0.336 e. The Labute approximate surface area is 169 Å². The first-order valence-corrected chi connectivity index (χ1v) is 9.41. The number of dihydropyridines is 1. The molecule has 3 rings (SSSR count). The second-order valence-corrected chi connectivity index (χ2v) is 6.70. The fraction of sp³-hybridized carbons (Fsp3) is 0.182. The van der Waals surface area contributed by atoms with E-state index in [2.05, 4.69) is 10.6 Å². The summed E-state index contributed by atoms with van der Waals surface area (Å²) in [7, 11) is 0. The van der Waals surface area contributed by atoms with E-state index in [4.69, 9.17) is 21.7 Å². The number of carbonyl (C=O) groups excluding carboxylic acids is 1. The molecule has 144 valence electrons. The number of hydrogen-bond acceptors (Lipinski definition) is 5. The van der Waals surface area contributed by atoms with Crippen LogP contribution in [0.4, 0.5) is 5.69 Å². The molecule has 1 atom stereocenters. The van der Waals surface area contributed by atoms with E-state index in [1.54, 1.807) is 6.92 Å². The van der Waals surface area contributed by atoms with Gasteiger partial charge in [0.15, 0.2) is 0 Å². The van der Waals surface area contributed by atoms with Crippen LogP contribution in [0.2, 0.25) is 0 Å². The Bertz CT molecular complexity index is 937. The second kappa shape index (κ2) is 8.76. The third-order valence-electron chi connectivity index (χ3n) is 4.47. The van der Waals surface area contributed by atoms with Crippen molar-refractivity contribution in [2.75, 3.05) is 11.9 Å². The van der Waals surface area contributed by atoms with Crippen molar-refractivity contribution in [3.63, 3.8) is 0 Å². The van der Waals surface area contributed by atoms with Gasteiger partial charge in [-0.25, -0.2) is 4.79 Å². The highest BCUT2D eigenvalue weighted by Crippen LogP contribution is 2.39. The molecule has 3 N–H and O–H groups in total. The molecule has 0 aliphatic carbocycles. The third kappa shape index (κ3) is 4.10. The molecule has 0 bridgehead atoms. The molecule has 5 nitrogen and oxygen atoms in total. The van der Waals surface area contributed by atoms with E-state index >= 15 is 0 Å². The molecule has 0 aromatic heterocycles. The molecule has 1 aliphatic rings. The number of benzene rings is 2. The number of allylic oxidation sites excluding steroid dienone is 2. The first-order valence-electron chi connectivity index (χ1n) is 9.03. The molecule has 0 saturated heterocycles. The zero-order valence-corrected chi connectivity index (χ0v) is 16.5. The normalized spacial score (nSPS) is 16.5. The number of ether oxygens (including phenoxy) is 1. The van der Waals surface area contributed by atoms with Gasteiger partial charge in [-0.3, -0.25) is 5.41 Å². The summed E-state index contributed by atoms with van der Waals surface area (Å²) in [5.74, 6) is -0.362. The van der Waals surface area contributed by atoms with Gasteiger partial charge >= 0.3 is 5.97 Å². The number of nitrogens with one attached hydrogen (secondary N) is 3. The van der Waals surface area contributed by atoms with Gasteiger partial charge in [0.2, 0.25) is 0 Å². The summed E-state index contributed by atoms with van der Waals surface area (Å²) in [6, 6.07) is 19.1. The lowest BCUT2D eigenvalue weighted by atomic mass is 9.81. The van der Waals surface area contributed by atoms with Gasteiger partial charge in [-0.15, -0.1) is 0 Å². The van der Waals surface area contributed by atoms with Gasteiger partial charge in [0, 0.05) is 22.9 Å². The Balaban J connectivity index is 2.15. The minimum Gasteiger partial charge on any atom is -0.463 e. The van der Waals surface area contributed by atoms with Gasteiger partial charge in [0.1, 0.15) is 11.0 Å². The maximum atomic E-state index is 12.7. The van der Waals surface area contributed by atoms with E-state index < -0.39 is 11.9 Å². The van der Waals surface area contributed by atoms with Crippen LogP contribution in [0.5, 0.6) is 0 Å². The van der Waals surface area contributed by atoms with Gasteiger partial charge in [0.05, 0.1) is 12.2 Å². The quantitative estimate of drug-likeness (QED) is 0.487. The number of anilines is 1. The van der Waals surface area contributed by atoms with Crippen LogP contribution in [-0.4, -0.2) is 17.7 Å². The number of para-hydroxylation sites is 1. The smallest absolute Gasteiger partial charge is 0.336 e. The van der Waals surface area contributed by atoms with Gasteiger partial charge in [-0.2, -0.15) is 0 Å². The number of rotatable bonds is 6. The van der Waals surface area contributed by atoms with Gasteiger partial charge in [-0.05, 0) is 31.5 Å². The molecule has 0 radical (unpaired) electrons. The largest absolute Gasteiger partial charge is 0.463 e. The van der Waals surface area contributed by atoms with Crippen molar-refractivity contribution >= 4 is 28.4 Å². The highest BCUT2D eigenvalue weighted by molar-refractivity contribution is 6.69. The molecule has 0 fully saturated rings. The van der Waals surface area contributed by atoms with E-state index in [1.807, 2.05) is 67.6 Å². The minimum absolute atomic E-state index is 0.144. The van der Waals surface area contributed by atoms with Crippen LogP contribution in [0.25, 0.3) is 0 Å². The fourth-order valence-corrected chi connectivity index (χ4v) is 3.49.